The first-order valence-electron chi connectivity index (χ1n) is 18.2. The van der Waals surface area contributed by atoms with Crippen molar-refractivity contribution in [3.63, 3.8) is 0 Å². The van der Waals surface area contributed by atoms with Crippen molar-refractivity contribution in [2.24, 2.45) is 5.92 Å². The van der Waals surface area contributed by atoms with Gasteiger partial charge in [0.1, 0.15) is 6.61 Å². The lowest BCUT2D eigenvalue weighted by Crippen LogP contribution is -2.28. The Balaban J connectivity index is 3.79. The number of esters is 2. The van der Waals surface area contributed by atoms with Gasteiger partial charge in [0.25, 0.3) is 0 Å². The van der Waals surface area contributed by atoms with Gasteiger partial charge in [0.2, 0.25) is 0 Å². The zero-order valence-corrected chi connectivity index (χ0v) is 29.1. The fourth-order valence-electron chi connectivity index (χ4n) is 4.81. The number of aliphatic hydroxyl groups excluding tert-OH is 2. The SMILES string of the molecule is CCCCC/C=C\C/C=C\CC(O)/C=C\C=C\CCCC(=O)O[C@@H](CO)COC(=O)CCCCCCCCCCCCC(C)C. The third kappa shape index (κ3) is 33.0. The van der Waals surface area contributed by atoms with Crippen LogP contribution in [0.15, 0.2) is 48.6 Å². The summed E-state index contributed by atoms with van der Waals surface area (Å²) in [6, 6.07) is 0. The number of rotatable bonds is 31. The Labute approximate surface area is 276 Å². The second-order valence-corrected chi connectivity index (χ2v) is 12.6. The summed E-state index contributed by atoms with van der Waals surface area (Å²) in [5, 5.41) is 19.5. The molecular weight excluding hydrogens is 564 g/mol. The van der Waals surface area contributed by atoms with E-state index in [9.17, 15) is 19.8 Å². The number of hydrogen-bond donors (Lipinski definition) is 2. The van der Waals surface area contributed by atoms with Crippen LogP contribution in [-0.4, -0.2) is 47.6 Å². The largest absolute Gasteiger partial charge is 0.462 e. The van der Waals surface area contributed by atoms with Gasteiger partial charge in [0, 0.05) is 12.8 Å². The lowest BCUT2D eigenvalue weighted by molar-refractivity contribution is -0.161. The smallest absolute Gasteiger partial charge is 0.306 e. The molecule has 6 heteroatoms. The molecule has 2 N–H and O–H groups in total. The minimum absolute atomic E-state index is 0.115. The Hall–Kier alpha value is -2.18. The molecule has 45 heavy (non-hydrogen) atoms. The lowest BCUT2D eigenvalue weighted by Gasteiger charge is -2.15. The van der Waals surface area contributed by atoms with Crippen LogP contribution < -0.4 is 0 Å². The molecule has 0 aliphatic heterocycles. The van der Waals surface area contributed by atoms with Crippen LogP contribution in [0, 0.1) is 5.92 Å². The summed E-state index contributed by atoms with van der Waals surface area (Å²) in [5.74, 6) is 0.0928. The number of hydrogen-bond acceptors (Lipinski definition) is 6. The molecule has 0 rings (SSSR count). The van der Waals surface area contributed by atoms with E-state index < -0.39 is 18.2 Å². The van der Waals surface area contributed by atoms with Gasteiger partial charge >= 0.3 is 11.9 Å². The molecule has 0 aromatic rings. The molecule has 0 saturated carbocycles. The normalized spacial score (nSPS) is 13.6. The third-order valence-electron chi connectivity index (χ3n) is 7.63. The lowest BCUT2D eigenvalue weighted by atomic mass is 10.0. The Morgan fingerprint density at radius 1 is 0.689 bits per heavy atom. The zero-order chi connectivity index (χ0) is 33.2. The Morgan fingerprint density at radius 2 is 1.31 bits per heavy atom. The van der Waals surface area contributed by atoms with E-state index in [1.54, 1.807) is 6.08 Å². The van der Waals surface area contributed by atoms with Crippen molar-refractivity contribution in [2.75, 3.05) is 13.2 Å². The van der Waals surface area contributed by atoms with Gasteiger partial charge in [-0.3, -0.25) is 9.59 Å². The highest BCUT2D eigenvalue weighted by Crippen LogP contribution is 2.14. The van der Waals surface area contributed by atoms with Crippen LogP contribution in [0.25, 0.3) is 0 Å². The van der Waals surface area contributed by atoms with Crippen LogP contribution in [0.4, 0.5) is 0 Å². The molecule has 0 aromatic carbocycles. The van der Waals surface area contributed by atoms with Gasteiger partial charge < -0.3 is 19.7 Å². The molecule has 0 bridgehead atoms. The minimum Gasteiger partial charge on any atom is -0.462 e. The van der Waals surface area contributed by atoms with Crippen molar-refractivity contribution in [3.05, 3.63) is 48.6 Å². The summed E-state index contributed by atoms with van der Waals surface area (Å²) in [4.78, 5) is 24.2. The van der Waals surface area contributed by atoms with Gasteiger partial charge in [-0.1, -0.05) is 146 Å². The van der Waals surface area contributed by atoms with Gasteiger partial charge in [0.15, 0.2) is 6.10 Å². The highest BCUT2D eigenvalue weighted by atomic mass is 16.6. The standard InChI is InChI=1S/C39H68O6/c1-4-5-6-7-8-11-15-19-24-29-36(41)30-25-20-17-22-27-32-39(43)45-37(33-40)34-44-38(42)31-26-21-16-13-10-9-12-14-18-23-28-35(2)3/h8,11,17,19-20,24-25,30,35-37,40-41H,4-7,9-10,12-16,18,21-23,26-29,31-34H2,1-3H3/b11-8-,20-17+,24-19-,30-25-/t36?,37-/m0/s1. The second-order valence-electron chi connectivity index (χ2n) is 12.6. The van der Waals surface area contributed by atoms with Crippen LogP contribution in [-0.2, 0) is 19.1 Å². The Morgan fingerprint density at radius 3 is 1.98 bits per heavy atom. The summed E-state index contributed by atoms with van der Waals surface area (Å²) in [6.45, 7) is 6.29. The molecule has 0 heterocycles. The van der Waals surface area contributed by atoms with Crippen molar-refractivity contribution in [1.82, 2.24) is 0 Å². The van der Waals surface area contributed by atoms with E-state index in [2.05, 4.69) is 39.0 Å². The average molecular weight is 633 g/mol. The molecule has 0 aliphatic carbocycles. The first-order chi connectivity index (χ1) is 21.9. The predicted octanol–water partition coefficient (Wildman–Crippen LogP) is 9.89. The molecule has 0 fully saturated rings. The maximum Gasteiger partial charge on any atom is 0.306 e. The fourth-order valence-corrected chi connectivity index (χ4v) is 4.81. The number of unbranched alkanes of at least 4 members (excludes halogenated alkanes) is 13. The average Bonchev–Trinajstić information content (AvgIpc) is 3.02. The molecule has 0 amide bonds. The zero-order valence-electron chi connectivity index (χ0n) is 29.1. The third-order valence-corrected chi connectivity index (χ3v) is 7.63. The molecule has 0 saturated heterocycles. The van der Waals surface area contributed by atoms with Gasteiger partial charge in [-0.25, -0.2) is 0 Å². The monoisotopic (exact) mass is 633 g/mol. The first kappa shape index (κ1) is 42.8. The van der Waals surface area contributed by atoms with Crippen LogP contribution >= 0.6 is 0 Å². The van der Waals surface area contributed by atoms with Crippen LogP contribution in [0.2, 0.25) is 0 Å². The minimum atomic E-state index is -0.831. The molecule has 0 radical (unpaired) electrons. The summed E-state index contributed by atoms with van der Waals surface area (Å²) in [7, 11) is 0. The molecule has 0 aromatic heterocycles. The van der Waals surface area contributed by atoms with Crippen molar-refractivity contribution in [2.45, 2.75) is 168 Å². The van der Waals surface area contributed by atoms with E-state index >= 15 is 0 Å². The second kappa shape index (κ2) is 33.2. The van der Waals surface area contributed by atoms with E-state index in [-0.39, 0.29) is 25.6 Å². The van der Waals surface area contributed by atoms with E-state index in [0.717, 1.165) is 38.0 Å². The maximum atomic E-state index is 12.1. The van der Waals surface area contributed by atoms with Gasteiger partial charge in [0.05, 0.1) is 12.7 Å². The van der Waals surface area contributed by atoms with Gasteiger partial charge in [-0.15, -0.1) is 0 Å². The number of aliphatic hydroxyl groups is 2. The molecule has 1 unspecified atom stereocenters. The van der Waals surface area contributed by atoms with Crippen LogP contribution in [0.1, 0.15) is 156 Å². The molecule has 6 nitrogen and oxygen atoms in total. The fraction of sp³-hybridized carbons (Fsp3) is 0.744. The number of carbonyl (C=O) groups excluding carboxylic acids is 2. The maximum absolute atomic E-state index is 12.1. The first-order valence-corrected chi connectivity index (χ1v) is 18.2. The van der Waals surface area contributed by atoms with Crippen LogP contribution in [0.5, 0.6) is 0 Å². The van der Waals surface area contributed by atoms with E-state index in [0.29, 0.717) is 25.7 Å². The van der Waals surface area contributed by atoms with Crippen LogP contribution in [0.3, 0.4) is 0 Å². The highest BCUT2D eigenvalue weighted by Gasteiger charge is 2.16. The summed E-state index contributed by atoms with van der Waals surface area (Å²) < 4.78 is 10.5. The van der Waals surface area contributed by atoms with Gasteiger partial charge in [-0.05, 0) is 50.9 Å². The van der Waals surface area contributed by atoms with Crippen molar-refractivity contribution >= 4 is 11.9 Å². The molecule has 260 valence electrons. The van der Waals surface area contributed by atoms with Crippen molar-refractivity contribution in [3.8, 4) is 0 Å². The molecule has 0 spiro atoms. The van der Waals surface area contributed by atoms with Gasteiger partial charge in [-0.2, -0.15) is 0 Å². The quantitative estimate of drug-likeness (QED) is 0.0342. The molecule has 0 aliphatic rings. The number of carbonyl (C=O) groups is 2. The van der Waals surface area contributed by atoms with E-state index in [4.69, 9.17) is 9.47 Å². The van der Waals surface area contributed by atoms with Crippen molar-refractivity contribution < 1.29 is 29.3 Å². The van der Waals surface area contributed by atoms with Crippen molar-refractivity contribution in [1.29, 1.82) is 0 Å². The number of ether oxygens (including phenoxy) is 2. The summed E-state index contributed by atoms with van der Waals surface area (Å²) in [5.41, 5.74) is 0. The molecule has 2 atom stereocenters. The van der Waals surface area contributed by atoms with E-state index in [1.165, 1.54) is 70.6 Å². The Bertz CT molecular complexity index is 797. The highest BCUT2D eigenvalue weighted by molar-refractivity contribution is 5.70. The molecular formula is C39H68O6. The topological polar surface area (TPSA) is 93.1 Å². The summed E-state index contributed by atoms with van der Waals surface area (Å²) >= 11 is 0. The summed E-state index contributed by atoms with van der Waals surface area (Å²) in [6.07, 6.45) is 36.3. The van der Waals surface area contributed by atoms with E-state index in [1.807, 2.05) is 24.3 Å². The Kier molecular flexibility index (Phi) is 31.6. The predicted molar refractivity (Wildman–Crippen MR) is 188 cm³/mol. The number of allylic oxidation sites excluding steroid dienone is 6.